The summed E-state index contributed by atoms with van der Waals surface area (Å²) >= 11 is 0. The minimum atomic E-state index is -4.75. The molecule has 0 aliphatic carbocycles. The molecule has 1 aliphatic rings. The Labute approximate surface area is 222 Å². The molecule has 40 heavy (non-hydrogen) atoms. The molecule has 4 heterocycles. The van der Waals surface area contributed by atoms with Gasteiger partial charge in [-0.15, -0.1) is 0 Å². The summed E-state index contributed by atoms with van der Waals surface area (Å²) in [6.07, 6.45) is -6.90. The number of carbonyl (C=O) groups is 2. The summed E-state index contributed by atoms with van der Waals surface area (Å²) in [4.78, 5) is 40.8. The van der Waals surface area contributed by atoms with E-state index >= 15 is 0 Å². The molecule has 1 aliphatic heterocycles. The average molecular weight is 576 g/mol. The maximum Gasteiger partial charge on any atom is 0.433 e. The maximum absolute atomic E-state index is 13.7. The summed E-state index contributed by atoms with van der Waals surface area (Å²) in [5.74, 6) is -0.779. The Morgan fingerprint density at radius 3 is 2.33 bits per heavy atom. The maximum atomic E-state index is 13.7. The van der Waals surface area contributed by atoms with Crippen molar-refractivity contribution in [1.82, 2.24) is 29.6 Å². The summed E-state index contributed by atoms with van der Waals surface area (Å²) in [6, 6.07) is 1.49. The van der Waals surface area contributed by atoms with Crippen LogP contribution in [0, 0.1) is 0 Å². The quantitative estimate of drug-likeness (QED) is 0.283. The van der Waals surface area contributed by atoms with E-state index in [9.17, 15) is 40.3 Å². The van der Waals surface area contributed by atoms with Crippen LogP contribution in [0.4, 0.5) is 42.4 Å². The monoisotopic (exact) mass is 576 g/mol. The van der Waals surface area contributed by atoms with Crippen LogP contribution in [0.2, 0.25) is 0 Å². The van der Waals surface area contributed by atoms with Crippen molar-refractivity contribution in [1.29, 1.82) is 0 Å². The van der Waals surface area contributed by atoms with E-state index in [1.54, 1.807) is 4.90 Å². The number of hydrogen-bond acceptors (Lipinski definition) is 8. The number of carbonyl (C=O) groups excluding carboxylic acids is 2. The highest BCUT2D eigenvalue weighted by Gasteiger charge is 2.48. The largest absolute Gasteiger partial charge is 0.433 e. The van der Waals surface area contributed by atoms with Crippen LogP contribution in [-0.4, -0.2) is 87.0 Å². The van der Waals surface area contributed by atoms with Crippen LogP contribution in [0.25, 0.3) is 11.0 Å². The number of aromatic nitrogens is 5. The lowest BCUT2D eigenvalue weighted by molar-refractivity contribution is -0.141. The fourth-order valence-corrected chi connectivity index (χ4v) is 4.64. The lowest BCUT2D eigenvalue weighted by Crippen LogP contribution is -2.63. The van der Waals surface area contributed by atoms with Crippen LogP contribution >= 0.6 is 0 Å². The predicted octanol–water partition coefficient (Wildman–Crippen LogP) is 3.23. The van der Waals surface area contributed by atoms with E-state index < -0.39 is 49.3 Å². The van der Waals surface area contributed by atoms with E-state index in [1.165, 1.54) is 19.4 Å². The number of halogens is 7. The van der Waals surface area contributed by atoms with Gasteiger partial charge in [0.1, 0.15) is 17.8 Å². The Kier molecular flexibility index (Phi) is 8.23. The topological polar surface area (TPSA) is 100 Å². The molecule has 10 nitrogen and oxygen atoms in total. The number of rotatable bonds is 9. The molecule has 0 unspecified atom stereocenters. The van der Waals surface area contributed by atoms with Gasteiger partial charge in [-0.1, -0.05) is 0 Å². The summed E-state index contributed by atoms with van der Waals surface area (Å²) in [5.41, 5.74) is -2.98. The molecule has 0 atom stereocenters. The molecule has 216 valence electrons. The van der Waals surface area contributed by atoms with E-state index in [0.29, 0.717) is 22.5 Å². The van der Waals surface area contributed by atoms with Crippen LogP contribution in [0.5, 0.6) is 0 Å². The number of fused-ring (bicyclic) bond motifs is 1. The fourth-order valence-electron chi connectivity index (χ4n) is 4.64. The molecule has 2 amide bonds. The first-order valence-electron chi connectivity index (χ1n) is 11.9. The number of nitrogens with zero attached hydrogens (tertiary/aromatic N) is 8. The first kappa shape index (κ1) is 29.1. The van der Waals surface area contributed by atoms with Crippen molar-refractivity contribution in [3.05, 3.63) is 36.4 Å². The Bertz CT molecular complexity index is 1340. The Morgan fingerprint density at radius 2 is 1.77 bits per heavy atom. The summed E-state index contributed by atoms with van der Waals surface area (Å²) in [5, 5.41) is 4.31. The second-order valence-electron chi connectivity index (χ2n) is 9.14. The Balaban J connectivity index is 1.61. The van der Waals surface area contributed by atoms with E-state index in [1.807, 2.05) is 0 Å². The normalized spacial score (nSPS) is 15.8. The van der Waals surface area contributed by atoms with Crippen molar-refractivity contribution in [3.63, 3.8) is 0 Å². The number of piperidine rings is 1. The number of alkyl halides is 7. The number of pyridine rings is 1. The van der Waals surface area contributed by atoms with Crippen molar-refractivity contribution in [2.45, 2.75) is 44.0 Å². The number of hydrogen-bond donors (Lipinski definition) is 0. The first-order valence-corrected chi connectivity index (χ1v) is 11.9. The van der Waals surface area contributed by atoms with Gasteiger partial charge in [0.15, 0.2) is 5.65 Å². The van der Waals surface area contributed by atoms with Gasteiger partial charge in [0.25, 0.3) is 18.8 Å². The van der Waals surface area contributed by atoms with Crippen LogP contribution in [0.3, 0.4) is 0 Å². The van der Waals surface area contributed by atoms with Crippen molar-refractivity contribution in [2.75, 3.05) is 36.5 Å². The summed E-state index contributed by atoms with van der Waals surface area (Å²) in [7, 11) is 1.29. The molecule has 0 spiro atoms. The fraction of sp³-hybridized carbons (Fsp3) is 0.478. The van der Waals surface area contributed by atoms with E-state index in [0.717, 1.165) is 15.6 Å². The van der Waals surface area contributed by atoms with Crippen molar-refractivity contribution in [2.24, 2.45) is 0 Å². The molecular weight excluding hydrogens is 553 g/mol. The Morgan fingerprint density at radius 1 is 1.07 bits per heavy atom. The zero-order valence-electron chi connectivity index (χ0n) is 20.9. The van der Waals surface area contributed by atoms with Gasteiger partial charge in [-0.05, 0) is 32.0 Å². The second kappa shape index (κ2) is 11.3. The molecule has 4 rings (SSSR count). The highest BCUT2D eigenvalue weighted by atomic mass is 19.4. The van der Waals surface area contributed by atoms with Gasteiger partial charge in [0, 0.05) is 19.3 Å². The lowest BCUT2D eigenvalue weighted by Gasteiger charge is -2.47. The predicted molar refractivity (Wildman–Crippen MR) is 127 cm³/mol. The van der Waals surface area contributed by atoms with Gasteiger partial charge in [-0.3, -0.25) is 14.5 Å². The van der Waals surface area contributed by atoms with Gasteiger partial charge >= 0.3 is 6.18 Å². The average Bonchev–Trinajstić information content (AvgIpc) is 3.29. The van der Waals surface area contributed by atoms with E-state index in [4.69, 9.17) is 0 Å². The molecule has 0 radical (unpaired) electrons. The minimum Gasteiger partial charge on any atom is -0.341 e. The van der Waals surface area contributed by atoms with Crippen molar-refractivity contribution >= 4 is 35.0 Å². The molecule has 0 bridgehead atoms. The molecule has 17 heteroatoms. The van der Waals surface area contributed by atoms with Gasteiger partial charge in [0.05, 0.1) is 30.0 Å². The second-order valence-corrected chi connectivity index (χ2v) is 9.14. The molecule has 0 saturated carbocycles. The van der Waals surface area contributed by atoms with Gasteiger partial charge in [-0.25, -0.2) is 37.1 Å². The zero-order chi connectivity index (χ0) is 29.2. The van der Waals surface area contributed by atoms with E-state index in [-0.39, 0.29) is 49.6 Å². The zero-order valence-corrected chi connectivity index (χ0v) is 20.9. The lowest BCUT2D eigenvalue weighted by atomic mass is 9.84. The first-order chi connectivity index (χ1) is 18.9. The third-order valence-corrected chi connectivity index (χ3v) is 6.73. The standard InChI is InChI=1S/C23H23F7N8O2/c1-35(11-17(24)25)22(20(40)37(13-39)15-2-3-16(31-10-15)23(28,29)30)4-6-36(7-5-22)21-32-8-14-9-33-38(12-18(26)27)19(14)34-21/h2-3,8-10,13,17-18H,4-7,11-12H2,1H3. The Hall–Kier alpha value is -3.89. The van der Waals surface area contributed by atoms with Crippen LogP contribution < -0.4 is 9.80 Å². The molecule has 0 N–H and O–H groups in total. The highest BCUT2D eigenvalue weighted by Crippen LogP contribution is 2.34. The van der Waals surface area contributed by atoms with Gasteiger partial charge < -0.3 is 4.90 Å². The van der Waals surface area contributed by atoms with Crippen LogP contribution in [0.15, 0.2) is 30.7 Å². The minimum absolute atomic E-state index is 0.0474. The third kappa shape index (κ3) is 5.83. The molecule has 1 fully saturated rings. The molecule has 3 aromatic rings. The van der Waals surface area contributed by atoms with Crippen molar-refractivity contribution in [3.8, 4) is 0 Å². The van der Waals surface area contributed by atoms with Gasteiger partial charge in [0.2, 0.25) is 12.4 Å². The summed E-state index contributed by atoms with van der Waals surface area (Å²) < 4.78 is 92.4. The highest BCUT2D eigenvalue weighted by molar-refractivity contribution is 6.11. The third-order valence-electron chi connectivity index (χ3n) is 6.73. The number of imide groups is 1. The molecular formula is C23H23F7N8O2. The van der Waals surface area contributed by atoms with Gasteiger partial charge in [-0.2, -0.15) is 23.3 Å². The van der Waals surface area contributed by atoms with Crippen LogP contribution in [-0.2, 0) is 22.3 Å². The van der Waals surface area contributed by atoms with E-state index in [2.05, 4.69) is 20.1 Å². The number of anilines is 2. The molecule has 3 aromatic heterocycles. The smallest absolute Gasteiger partial charge is 0.341 e. The number of likely N-dealkylation sites (N-methyl/N-ethyl adjacent to an activating group) is 1. The number of amides is 2. The van der Waals surface area contributed by atoms with Crippen molar-refractivity contribution < 1.29 is 40.3 Å². The van der Waals surface area contributed by atoms with Crippen LogP contribution in [0.1, 0.15) is 18.5 Å². The molecule has 1 saturated heterocycles. The SMILES string of the molecule is CN(CC(F)F)C1(C(=O)N(C=O)c2ccc(C(F)(F)F)nc2)CCN(c2ncc3cnn(CC(F)F)c3n2)CC1. The molecule has 0 aromatic carbocycles. The summed E-state index contributed by atoms with van der Waals surface area (Å²) in [6.45, 7) is -1.41.